The highest BCUT2D eigenvalue weighted by Crippen LogP contribution is 2.26. The third-order valence-corrected chi connectivity index (χ3v) is 4.78. The number of fused-ring (bicyclic) bond motifs is 1. The highest BCUT2D eigenvalue weighted by molar-refractivity contribution is 7.09. The molecule has 1 atom stereocenters. The van der Waals surface area contributed by atoms with Crippen LogP contribution >= 0.6 is 11.3 Å². The summed E-state index contributed by atoms with van der Waals surface area (Å²) in [6.07, 6.45) is 5.38. The van der Waals surface area contributed by atoms with Crippen molar-refractivity contribution in [2.24, 2.45) is 0 Å². The van der Waals surface area contributed by atoms with Gasteiger partial charge in [0.1, 0.15) is 5.01 Å². The van der Waals surface area contributed by atoms with Crippen molar-refractivity contribution in [2.75, 3.05) is 11.9 Å². The number of nitrogens with zero attached hydrogens (tertiary/aromatic N) is 1. The molecule has 0 bridgehead atoms. The monoisotopic (exact) mass is 287 g/mol. The first-order valence-electron chi connectivity index (χ1n) is 7.36. The molecule has 1 aliphatic rings. The number of rotatable bonds is 5. The van der Waals surface area contributed by atoms with Crippen LogP contribution < -0.4 is 10.6 Å². The van der Waals surface area contributed by atoms with Gasteiger partial charge >= 0.3 is 0 Å². The van der Waals surface area contributed by atoms with E-state index in [0.29, 0.717) is 6.04 Å². The zero-order valence-electron chi connectivity index (χ0n) is 11.9. The normalized spacial score (nSPS) is 15.4. The van der Waals surface area contributed by atoms with Crippen LogP contribution in [0.1, 0.15) is 41.9 Å². The van der Waals surface area contributed by atoms with Gasteiger partial charge in [-0.3, -0.25) is 0 Å². The molecule has 0 fully saturated rings. The van der Waals surface area contributed by atoms with Gasteiger partial charge in [-0.2, -0.15) is 0 Å². The fourth-order valence-electron chi connectivity index (χ4n) is 2.80. The summed E-state index contributed by atoms with van der Waals surface area (Å²) in [5, 5.41) is 10.4. The van der Waals surface area contributed by atoms with E-state index in [-0.39, 0.29) is 0 Å². The number of benzene rings is 1. The molecule has 1 aromatic heterocycles. The second-order valence-electron chi connectivity index (χ2n) is 5.19. The zero-order valence-corrected chi connectivity index (χ0v) is 12.7. The predicted octanol–water partition coefficient (Wildman–Crippen LogP) is 3.74. The Bertz CT molecular complexity index is 551. The standard InChI is InChI=1S/C16H21N3S/c1-2-14(16-18-9-10-20-16)19-11-12-5-3-7-15-13(12)6-4-8-17-15/h3,5,7,9-10,14,17,19H,2,4,6,8,11H2,1H3. The lowest BCUT2D eigenvalue weighted by molar-refractivity contribution is 0.515. The van der Waals surface area contributed by atoms with Crippen molar-refractivity contribution in [3.63, 3.8) is 0 Å². The summed E-state index contributed by atoms with van der Waals surface area (Å²) in [5.74, 6) is 0. The Hall–Kier alpha value is -1.39. The van der Waals surface area contributed by atoms with Crippen LogP contribution in [0.5, 0.6) is 0 Å². The Kier molecular flexibility index (Phi) is 4.33. The summed E-state index contributed by atoms with van der Waals surface area (Å²) in [5.41, 5.74) is 4.22. The molecule has 1 unspecified atom stereocenters. The van der Waals surface area contributed by atoms with Crippen LogP contribution in [-0.2, 0) is 13.0 Å². The minimum absolute atomic E-state index is 0.363. The van der Waals surface area contributed by atoms with Crippen molar-refractivity contribution in [3.05, 3.63) is 45.9 Å². The van der Waals surface area contributed by atoms with E-state index in [1.807, 2.05) is 11.6 Å². The minimum atomic E-state index is 0.363. The fourth-order valence-corrected chi connectivity index (χ4v) is 3.59. The van der Waals surface area contributed by atoms with E-state index in [9.17, 15) is 0 Å². The second-order valence-corrected chi connectivity index (χ2v) is 6.11. The Morgan fingerprint density at radius 2 is 2.40 bits per heavy atom. The molecule has 106 valence electrons. The fraction of sp³-hybridized carbons (Fsp3) is 0.438. The Morgan fingerprint density at radius 3 is 3.20 bits per heavy atom. The summed E-state index contributed by atoms with van der Waals surface area (Å²) in [6, 6.07) is 6.95. The number of aromatic nitrogens is 1. The Balaban J connectivity index is 1.72. The molecule has 0 spiro atoms. The van der Waals surface area contributed by atoms with Crippen LogP contribution in [0.3, 0.4) is 0 Å². The molecule has 0 radical (unpaired) electrons. The van der Waals surface area contributed by atoms with Crippen molar-refractivity contribution in [3.8, 4) is 0 Å². The lowest BCUT2D eigenvalue weighted by Gasteiger charge is -2.22. The number of hydrogen-bond donors (Lipinski definition) is 2. The van der Waals surface area contributed by atoms with E-state index in [1.54, 1.807) is 11.3 Å². The maximum absolute atomic E-state index is 4.43. The van der Waals surface area contributed by atoms with Crippen molar-refractivity contribution >= 4 is 17.0 Å². The molecule has 3 rings (SSSR count). The lowest BCUT2D eigenvalue weighted by atomic mass is 9.97. The number of anilines is 1. The average Bonchev–Trinajstić information content (AvgIpc) is 3.02. The summed E-state index contributed by atoms with van der Waals surface area (Å²) in [6.45, 7) is 4.23. The molecule has 3 nitrogen and oxygen atoms in total. The van der Waals surface area contributed by atoms with Crippen LogP contribution in [-0.4, -0.2) is 11.5 Å². The summed E-state index contributed by atoms with van der Waals surface area (Å²) in [7, 11) is 0. The molecule has 4 heteroatoms. The van der Waals surface area contributed by atoms with Gasteiger partial charge in [-0.25, -0.2) is 4.98 Å². The van der Waals surface area contributed by atoms with Crippen LogP contribution in [0.4, 0.5) is 5.69 Å². The van der Waals surface area contributed by atoms with Crippen LogP contribution in [0.2, 0.25) is 0 Å². The Labute approximate surface area is 124 Å². The summed E-state index contributed by atoms with van der Waals surface area (Å²) in [4.78, 5) is 4.43. The first-order valence-corrected chi connectivity index (χ1v) is 8.24. The molecular weight excluding hydrogens is 266 g/mol. The van der Waals surface area contributed by atoms with E-state index >= 15 is 0 Å². The quantitative estimate of drug-likeness (QED) is 0.879. The highest BCUT2D eigenvalue weighted by atomic mass is 32.1. The van der Waals surface area contributed by atoms with Gasteiger partial charge in [0.15, 0.2) is 0 Å². The van der Waals surface area contributed by atoms with Crippen molar-refractivity contribution in [2.45, 2.75) is 38.8 Å². The molecule has 0 saturated carbocycles. The van der Waals surface area contributed by atoms with Gasteiger partial charge in [-0.15, -0.1) is 11.3 Å². The number of thiazole rings is 1. The topological polar surface area (TPSA) is 37.0 Å². The van der Waals surface area contributed by atoms with E-state index in [1.165, 1.54) is 34.7 Å². The van der Waals surface area contributed by atoms with E-state index < -0.39 is 0 Å². The van der Waals surface area contributed by atoms with E-state index in [2.05, 4.69) is 40.7 Å². The predicted molar refractivity (Wildman–Crippen MR) is 85.2 cm³/mol. The Morgan fingerprint density at radius 1 is 1.45 bits per heavy atom. The summed E-state index contributed by atoms with van der Waals surface area (Å²) < 4.78 is 0. The molecule has 2 N–H and O–H groups in total. The molecule has 1 aliphatic heterocycles. The average molecular weight is 287 g/mol. The minimum Gasteiger partial charge on any atom is -0.385 e. The first-order chi connectivity index (χ1) is 9.88. The first kappa shape index (κ1) is 13.6. The van der Waals surface area contributed by atoms with Crippen LogP contribution in [0, 0.1) is 0 Å². The molecule has 2 aromatic rings. The van der Waals surface area contributed by atoms with Crippen LogP contribution in [0.25, 0.3) is 0 Å². The molecule has 2 heterocycles. The van der Waals surface area contributed by atoms with Gasteiger partial charge in [-0.05, 0) is 36.5 Å². The lowest BCUT2D eigenvalue weighted by Crippen LogP contribution is -2.22. The number of hydrogen-bond acceptors (Lipinski definition) is 4. The van der Waals surface area contributed by atoms with E-state index in [4.69, 9.17) is 0 Å². The van der Waals surface area contributed by atoms with Crippen molar-refractivity contribution in [1.29, 1.82) is 0 Å². The smallest absolute Gasteiger partial charge is 0.109 e. The molecule has 20 heavy (non-hydrogen) atoms. The maximum atomic E-state index is 4.43. The third-order valence-electron chi connectivity index (χ3n) is 3.89. The van der Waals surface area contributed by atoms with Crippen molar-refractivity contribution in [1.82, 2.24) is 10.3 Å². The SMILES string of the molecule is CCC(NCc1cccc2c1CCCN2)c1nccs1. The van der Waals surface area contributed by atoms with Gasteiger partial charge in [0.2, 0.25) is 0 Å². The highest BCUT2D eigenvalue weighted by Gasteiger charge is 2.15. The molecule has 0 saturated heterocycles. The van der Waals surface area contributed by atoms with E-state index in [0.717, 1.165) is 19.5 Å². The van der Waals surface area contributed by atoms with Gasteiger partial charge in [0.05, 0.1) is 6.04 Å². The summed E-state index contributed by atoms with van der Waals surface area (Å²) >= 11 is 1.73. The molecule has 1 aromatic carbocycles. The molecule has 0 aliphatic carbocycles. The van der Waals surface area contributed by atoms with Crippen LogP contribution in [0.15, 0.2) is 29.8 Å². The van der Waals surface area contributed by atoms with Gasteiger partial charge in [-0.1, -0.05) is 19.1 Å². The molecular formula is C16H21N3S. The van der Waals surface area contributed by atoms with Gasteiger partial charge in [0.25, 0.3) is 0 Å². The molecule has 0 amide bonds. The van der Waals surface area contributed by atoms with Gasteiger partial charge in [0, 0.05) is 30.4 Å². The van der Waals surface area contributed by atoms with Gasteiger partial charge < -0.3 is 10.6 Å². The largest absolute Gasteiger partial charge is 0.385 e. The zero-order chi connectivity index (χ0) is 13.8. The maximum Gasteiger partial charge on any atom is 0.109 e. The third kappa shape index (κ3) is 2.86. The number of nitrogens with one attached hydrogen (secondary N) is 2. The van der Waals surface area contributed by atoms with Crippen molar-refractivity contribution < 1.29 is 0 Å². The second kappa shape index (κ2) is 6.37.